The van der Waals surface area contributed by atoms with Crippen molar-refractivity contribution < 1.29 is 4.79 Å². The quantitative estimate of drug-likeness (QED) is 0.792. The molecule has 0 radical (unpaired) electrons. The molecule has 0 unspecified atom stereocenters. The number of nitriles is 1. The van der Waals surface area contributed by atoms with E-state index in [-0.39, 0.29) is 11.9 Å². The molecule has 0 aliphatic heterocycles. The minimum absolute atomic E-state index is 0.0216. The Morgan fingerprint density at radius 3 is 2.65 bits per heavy atom. The number of rotatable bonds is 4. The van der Waals surface area contributed by atoms with Crippen molar-refractivity contribution in [3.8, 4) is 6.07 Å². The third-order valence-electron chi connectivity index (χ3n) is 2.20. The normalized spacial score (nSPS) is 10.4. The van der Waals surface area contributed by atoms with Crippen LogP contribution in [0.5, 0.6) is 0 Å². The summed E-state index contributed by atoms with van der Waals surface area (Å²) in [6.07, 6.45) is 0.359. The molecule has 0 spiro atoms. The van der Waals surface area contributed by atoms with Gasteiger partial charge in [-0.2, -0.15) is 5.26 Å². The van der Waals surface area contributed by atoms with Crippen LogP contribution in [0.25, 0.3) is 0 Å². The van der Waals surface area contributed by atoms with E-state index in [9.17, 15) is 4.79 Å². The Morgan fingerprint density at radius 1 is 1.59 bits per heavy atom. The highest BCUT2D eigenvalue weighted by Gasteiger charge is 2.21. The van der Waals surface area contributed by atoms with E-state index in [1.165, 1.54) is 11.3 Å². The summed E-state index contributed by atoms with van der Waals surface area (Å²) in [6.45, 7) is 4.38. The molecule has 17 heavy (non-hydrogen) atoms. The van der Waals surface area contributed by atoms with Crippen molar-refractivity contribution in [2.75, 3.05) is 6.54 Å². The Balaban J connectivity index is 2.88. The van der Waals surface area contributed by atoms with Gasteiger partial charge in [-0.15, -0.1) is 11.3 Å². The highest BCUT2D eigenvalue weighted by molar-refractivity contribution is 9.13. The van der Waals surface area contributed by atoms with Gasteiger partial charge in [0.25, 0.3) is 5.91 Å². The third kappa shape index (κ3) is 3.80. The van der Waals surface area contributed by atoms with Crippen LogP contribution in [0.4, 0.5) is 0 Å². The summed E-state index contributed by atoms with van der Waals surface area (Å²) >= 11 is 8.13. The molecule has 0 saturated carbocycles. The summed E-state index contributed by atoms with van der Waals surface area (Å²) in [5.74, 6) is -0.0216. The molecule has 1 aromatic heterocycles. The van der Waals surface area contributed by atoms with Crippen LogP contribution in [0.3, 0.4) is 0 Å². The van der Waals surface area contributed by atoms with Gasteiger partial charge in [-0.1, -0.05) is 0 Å². The van der Waals surface area contributed by atoms with Crippen molar-refractivity contribution >= 4 is 49.1 Å². The number of amides is 1. The molecule has 1 amide bonds. The standard InChI is InChI=1S/C11H12Br2N2OS/c1-7(2)15(5-3-4-14)11(16)9-6-8(12)10(13)17-9/h6-7H,3,5H2,1-2H3. The van der Waals surface area contributed by atoms with E-state index < -0.39 is 0 Å². The highest BCUT2D eigenvalue weighted by Crippen LogP contribution is 2.33. The predicted octanol–water partition coefficient (Wildman–Crippen LogP) is 4.04. The molecule has 0 atom stereocenters. The topological polar surface area (TPSA) is 44.1 Å². The molecule has 0 aliphatic carbocycles. The summed E-state index contributed by atoms with van der Waals surface area (Å²) < 4.78 is 1.79. The zero-order valence-corrected chi connectivity index (χ0v) is 13.5. The molecular formula is C11H12Br2N2OS. The van der Waals surface area contributed by atoms with Gasteiger partial charge in [-0.05, 0) is 51.8 Å². The molecule has 1 aromatic rings. The third-order valence-corrected chi connectivity index (χ3v) is 5.45. The molecule has 0 aromatic carbocycles. The number of hydrogen-bond acceptors (Lipinski definition) is 3. The molecule has 0 bridgehead atoms. The van der Waals surface area contributed by atoms with E-state index in [4.69, 9.17) is 5.26 Å². The monoisotopic (exact) mass is 378 g/mol. The van der Waals surface area contributed by atoms with Crippen LogP contribution in [0.2, 0.25) is 0 Å². The zero-order valence-electron chi connectivity index (χ0n) is 9.54. The predicted molar refractivity (Wildman–Crippen MR) is 76.1 cm³/mol. The smallest absolute Gasteiger partial charge is 0.264 e. The molecule has 92 valence electrons. The Labute approximate surface area is 122 Å². The second-order valence-electron chi connectivity index (χ2n) is 3.73. The fourth-order valence-corrected chi connectivity index (χ4v) is 3.35. The lowest BCUT2D eigenvalue weighted by atomic mass is 10.2. The summed E-state index contributed by atoms with van der Waals surface area (Å²) in [7, 11) is 0. The average molecular weight is 380 g/mol. The number of thiophene rings is 1. The minimum Gasteiger partial charge on any atom is -0.334 e. The van der Waals surface area contributed by atoms with E-state index in [0.717, 1.165) is 8.26 Å². The van der Waals surface area contributed by atoms with Gasteiger partial charge in [-0.3, -0.25) is 4.79 Å². The Kier molecular flexibility index (Phi) is 5.63. The number of hydrogen-bond donors (Lipinski definition) is 0. The van der Waals surface area contributed by atoms with Gasteiger partial charge >= 0.3 is 0 Å². The first kappa shape index (κ1) is 14.7. The van der Waals surface area contributed by atoms with Gasteiger partial charge in [0.2, 0.25) is 0 Å². The molecule has 0 fully saturated rings. The number of carbonyl (C=O) groups excluding carboxylic acids is 1. The van der Waals surface area contributed by atoms with Crippen molar-refractivity contribution in [1.82, 2.24) is 4.90 Å². The van der Waals surface area contributed by atoms with Gasteiger partial charge < -0.3 is 4.90 Å². The van der Waals surface area contributed by atoms with Crippen molar-refractivity contribution in [1.29, 1.82) is 5.26 Å². The van der Waals surface area contributed by atoms with Crippen molar-refractivity contribution in [3.63, 3.8) is 0 Å². The molecule has 0 N–H and O–H groups in total. The zero-order chi connectivity index (χ0) is 13.0. The van der Waals surface area contributed by atoms with E-state index in [1.807, 2.05) is 13.8 Å². The van der Waals surface area contributed by atoms with Gasteiger partial charge in [-0.25, -0.2) is 0 Å². The van der Waals surface area contributed by atoms with Crippen molar-refractivity contribution in [3.05, 3.63) is 19.2 Å². The van der Waals surface area contributed by atoms with E-state index in [2.05, 4.69) is 37.9 Å². The van der Waals surface area contributed by atoms with Crippen LogP contribution in [0, 0.1) is 11.3 Å². The lowest BCUT2D eigenvalue weighted by molar-refractivity contribution is 0.0715. The van der Waals surface area contributed by atoms with Crippen LogP contribution in [-0.2, 0) is 0 Å². The lowest BCUT2D eigenvalue weighted by Gasteiger charge is -2.25. The maximum atomic E-state index is 12.2. The van der Waals surface area contributed by atoms with E-state index in [1.54, 1.807) is 11.0 Å². The summed E-state index contributed by atoms with van der Waals surface area (Å²) in [5.41, 5.74) is 0. The molecule has 0 saturated heterocycles. The van der Waals surface area contributed by atoms with Gasteiger partial charge in [0.15, 0.2) is 0 Å². The van der Waals surface area contributed by atoms with E-state index >= 15 is 0 Å². The molecule has 1 heterocycles. The van der Waals surface area contributed by atoms with E-state index in [0.29, 0.717) is 17.8 Å². The number of nitrogens with zero attached hydrogens (tertiary/aromatic N) is 2. The first-order valence-corrected chi connectivity index (χ1v) is 7.50. The SMILES string of the molecule is CC(C)N(CCC#N)C(=O)c1cc(Br)c(Br)s1. The molecule has 1 rings (SSSR count). The molecule has 0 aliphatic rings. The number of carbonyl (C=O) groups is 1. The number of halogens is 2. The maximum absolute atomic E-state index is 12.2. The fourth-order valence-electron chi connectivity index (χ4n) is 1.36. The Morgan fingerprint density at radius 2 is 2.24 bits per heavy atom. The molecule has 6 heteroatoms. The summed E-state index contributed by atoms with van der Waals surface area (Å²) in [6, 6.07) is 3.96. The second-order valence-corrected chi connectivity index (χ2v) is 6.96. The molecule has 3 nitrogen and oxygen atoms in total. The van der Waals surface area contributed by atoms with Crippen LogP contribution in [0.1, 0.15) is 29.9 Å². The van der Waals surface area contributed by atoms with Gasteiger partial charge in [0.05, 0.1) is 21.2 Å². The van der Waals surface area contributed by atoms with Crippen LogP contribution in [0.15, 0.2) is 14.3 Å². The van der Waals surface area contributed by atoms with Gasteiger partial charge in [0.1, 0.15) is 0 Å². The van der Waals surface area contributed by atoms with Crippen LogP contribution in [-0.4, -0.2) is 23.4 Å². The minimum atomic E-state index is -0.0216. The average Bonchev–Trinajstić information content (AvgIpc) is 2.59. The highest BCUT2D eigenvalue weighted by atomic mass is 79.9. The first-order chi connectivity index (χ1) is 7.97. The Bertz CT molecular complexity index is 431. The summed E-state index contributed by atoms with van der Waals surface area (Å²) in [5, 5.41) is 8.60. The van der Waals surface area contributed by atoms with Gasteiger partial charge in [0, 0.05) is 17.1 Å². The maximum Gasteiger partial charge on any atom is 0.264 e. The first-order valence-electron chi connectivity index (χ1n) is 5.10. The second kappa shape index (κ2) is 6.53. The lowest BCUT2D eigenvalue weighted by Crippen LogP contribution is -2.37. The molecular weight excluding hydrogens is 368 g/mol. The fraction of sp³-hybridized carbons (Fsp3) is 0.455. The summed E-state index contributed by atoms with van der Waals surface area (Å²) in [4.78, 5) is 14.6. The Hall–Kier alpha value is -0.380. The van der Waals surface area contributed by atoms with Crippen LogP contribution >= 0.6 is 43.2 Å². The van der Waals surface area contributed by atoms with Crippen molar-refractivity contribution in [2.45, 2.75) is 26.3 Å². The van der Waals surface area contributed by atoms with Crippen LogP contribution < -0.4 is 0 Å². The largest absolute Gasteiger partial charge is 0.334 e. The van der Waals surface area contributed by atoms with Crippen molar-refractivity contribution in [2.24, 2.45) is 0 Å².